The van der Waals surface area contributed by atoms with Crippen LogP contribution in [0.1, 0.15) is 36.1 Å². The van der Waals surface area contributed by atoms with Crippen LogP contribution in [0.25, 0.3) is 10.6 Å². The average Bonchev–Trinajstić information content (AvgIpc) is 3.22. The van der Waals surface area contributed by atoms with Crippen molar-refractivity contribution in [1.29, 1.82) is 0 Å². The molecule has 3 aromatic rings. The molecule has 0 saturated heterocycles. The van der Waals surface area contributed by atoms with Crippen LogP contribution in [0.2, 0.25) is 0 Å². The number of carbonyl (C=O) groups excluding carboxylic acids is 3. The van der Waals surface area contributed by atoms with E-state index >= 15 is 0 Å². The van der Waals surface area contributed by atoms with Gasteiger partial charge in [0, 0.05) is 5.56 Å². The minimum absolute atomic E-state index is 0.0154. The molecule has 28 heavy (non-hydrogen) atoms. The Balaban J connectivity index is 1.40. The number of thiazole rings is 1. The lowest BCUT2D eigenvalue weighted by Crippen LogP contribution is -2.33. The van der Waals surface area contributed by atoms with Crippen LogP contribution >= 0.6 is 11.3 Å². The standard InChI is InChI=1S/C21H16N2O4S/c1-13-17(28-18(22-13)14-7-3-2-4-8-14)21(26)27-12-11-23-19(24)15-9-5-6-10-16(15)20(23)25/h2-10H,11-12H2,1H3. The molecule has 0 bridgehead atoms. The molecule has 2 amide bonds. The minimum atomic E-state index is -0.506. The van der Waals surface area contributed by atoms with Gasteiger partial charge in [0.15, 0.2) is 0 Å². The third-order valence-electron chi connectivity index (χ3n) is 4.43. The van der Waals surface area contributed by atoms with E-state index < -0.39 is 5.97 Å². The lowest BCUT2D eigenvalue weighted by molar-refractivity contribution is 0.0423. The molecule has 0 radical (unpaired) electrons. The Hall–Kier alpha value is -3.32. The summed E-state index contributed by atoms with van der Waals surface area (Å²) in [7, 11) is 0. The molecule has 0 unspecified atom stereocenters. The molecule has 0 atom stereocenters. The monoisotopic (exact) mass is 392 g/mol. The number of benzene rings is 2. The molecule has 0 spiro atoms. The van der Waals surface area contributed by atoms with E-state index in [0.29, 0.717) is 21.7 Å². The summed E-state index contributed by atoms with van der Waals surface area (Å²) < 4.78 is 5.30. The van der Waals surface area contributed by atoms with Crippen molar-refractivity contribution in [2.24, 2.45) is 0 Å². The SMILES string of the molecule is Cc1nc(-c2ccccc2)sc1C(=O)OCCN1C(=O)c2ccccc2C1=O. The minimum Gasteiger partial charge on any atom is -0.460 e. The summed E-state index contributed by atoms with van der Waals surface area (Å²) in [6.07, 6.45) is 0. The van der Waals surface area contributed by atoms with E-state index in [0.717, 1.165) is 15.5 Å². The van der Waals surface area contributed by atoms with Gasteiger partial charge in [0.05, 0.1) is 23.4 Å². The second kappa shape index (κ2) is 7.36. The zero-order valence-electron chi connectivity index (χ0n) is 15.0. The second-order valence-electron chi connectivity index (χ2n) is 6.24. The van der Waals surface area contributed by atoms with Crippen LogP contribution < -0.4 is 0 Å². The van der Waals surface area contributed by atoms with Crippen LogP contribution in [0.4, 0.5) is 0 Å². The second-order valence-corrected chi connectivity index (χ2v) is 7.24. The molecule has 0 N–H and O–H groups in total. The topological polar surface area (TPSA) is 76.6 Å². The maximum absolute atomic E-state index is 12.4. The third-order valence-corrected chi connectivity index (χ3v) is 5.62. The van der Waals surface area contributed by atoms with Gasteiger partial charge < -0.3 is 4.74 Å². The highest BCUT2D eigenvalue weighted by molar-refractivity contribution is 7.17. The lowest BCUT2D eigenvalue weighted by Gasteiger charge is -2.13. The number of aromatic nitrogens is 1. The first-order chi connectivity index (χ1) is 13.6. The normalized spacial score (nSPS) is 13.0. The molecule has 1 aliphatic rings. The molecular weight excluding hydrogens is 376 g/mol. The van der Waals surface area contributed by atoms with E-state index in [4.69, 9.17) is 4.74 Å². The predicted octanol–water partition coefficient (Wildman–Crippen LogP) is 3.57. The Morgan fingerprint density at radius 3 is 2.25 bits per heavy atom. The zero-order chi connectivity index (χ0) is 19.7. The summed E-state index contributed by atoms with van der Waals surface area (Å²) in [4.78, 5) is 43.0. The van der Waals surface area contributed by atoms with Crippen LogP contribution in [-0.2, 0) is 4.74 Å². The van der Waals surface area contributed by atoms with E-state index in [1.807, 2.05) is 30.3 Å². The average molecular weight is 392 g/mol. The summed E-state index contributed by atoms with van der Waals surface area (Å²) >= 11 is 1.26. The number of aryl methyl sites for hydroxylation is 1. The molecule has 0 aliphatic carbocycles. The number of hydrogen-bond acceptors (Lipinski definition) is 6. The van der Waals surface area contributed by atoms with Crippen molar-refractivity contribution in [3.05, 3.63) is 76.3 Å². The molecule has 1 aliphatic heterocycles. The van der Waals surface area contributed by atoms with Gasteiger partial charge in [-0.1, -0.05) is 42.5 Å². The van der Waals surface area contributed by atoms with E-state index in [1.165, 1.54) is 11.3 Å². The number of esters is 1. The van der Waals surface area contributed by atoms with Crippen molar-refractivity contribution < 1.29 is 19.1 Å². The molecule has 4 rings (SSSR count). The third kappa shape index (κ3) is 3.20. The Morgan fingerprint density at radius 1 is 1.00 bits per heavy atom. The molecule has 7 heteroatoms. The van der Waals surface area contributed by atoms with E-state index in [1.54, 1.807) is 31.2 Å². The largest absolute Gasteiger partial charge is 0.460 e. The smallest absolute Gasteiger partial charge is 0.350 e. The number of carbonyl (C=O) groups is 3. The quantitative estimate of drug-likeness (QED) is 0.490. The highest BCUT2D eigenvalue weighted by atomic mass is 32.1. The fourth-order valence-electron chi connectivity index (χ4n) is 3.03. The highest BCUT2D eigenvalue weighted by Gasteiger charge is 2.34. The molecule has 0 fully saturated rings. The summed E-state index contributed by atoms with van der Waals surface area (Å²) in [6, 6.07) is 16.2. The first-order valence-corrected chi connectivity index (χ1v) is 9.53. The summed E-state index contributed by atoms with van der Waals surface area (Å²) in [5.41, 5.74) is 2.28. The maximum atomic E-state index is 12.4. The summed E-state index contributed by atoms with van der Waals surface area (Å²) in [6.45, 7) is 1.70. The van der Waals surface area contributed by atoms with Gasteiger partial charge in [0.25, 0.3) is 11.8 Å². The van der Waals surface area contributed by atoms with Crippen LogP contribution in [0.5, 0.6) is 0 Å². The zero-order valence-corrected chi connectivity index (χ0v) is 15.9. The predicted molar refractivity (Wildman–Crippen MR) is 104 cm³/mol. The Labute approximate surface area is 165 Å². The van der Waals surface area contributed by atoms with Gasteiger partial charge in [-0.3, -0.25) is 14.5 Å². The highest BCUT2D eigenvalue weighted by Crippen LogP contribution is 2.28. The molecule has 0 saturated carbocycles. The van der Waals surface area contributed by atoms with E-state index in [9.17, 15) is 14.4 Å². The van der Waals surface area contributed by atoms with Gasteiger partial charge in [-0.15, -0.1) is 11.3 Å². The lowest BCUT2D eigenvalue weighted by atomic mass is 10.1. The summed E-state index contributed by atoms with van der Waals surface area (Å²) in [5, 5.41) is 0.741. The number of fused-ring (bicyclic) bond motifs is 1. The number of hydrogen-bond donors (Lipinski definition) is 0. The van der Waals surface area contributed by atoms with Crippen LogP contribution in [-0.4, -0.2) is 40.8 Å². The Morgan fingerprint density at radius 2 is 1.61 bits per heavy atom. The van der Waals surface area contributed by atoms with Crippen LogP contribution in [0, 0.1) is 6.92 Å². The molecule has 1 aromatic heterocycles. The van der Waals surface area contributed by atoms with E-state index in [2.05, 4.69) is 4.98 Å². The van der Waals surface area contributed by atoms with Gasteiger partial charge >= 0.3 is 5.97 Å². The van der Waals surface area contributed by atoms with Crippen molar-refractivity contribution in [3.63, 3.8) is 0 Å². The fraction of sp³-hybridized carbons (Fsp3) is 0.143. The summed E-state index contributed by atoms with van der Waals surface area (Å²) in [5.74, 6) is -1.23. The Kier molecular flexibility index (Phi) is 4.75. The molecule has 2 aromatic carbocycles. The molecule has 140 valence electrons. The van der Waals surface area contributed by atoms with Gasteiger partial charge in [0.1, 0.15) is 16.5 Å². The molecule has 2 heterocycles. The van der Waals surface area contributed by atoms with Gasteiger partial charge in [-0.05, 0) is 19.1 Å². The number of nitrogens with zero attached hydrogens (tertiary/aromatic N) is 2. The van der Waals surface area contributed by atoms with Gasteiger partial charge in [0.2, 0.25) is 0 Å². The van der Waals surface area contributed by atoms with Crippen molar-refractivity contribution in [2.45, 2.75) is 6.92 Å². The first-order valence-electron chi connectivity index (χ1n) is 8.71. The Bertz CT molecular complexity index is 1040. The van der Waals surface area contributed by atoms with Crippen LogP contribution in [0.15, 0.2) is 54.6 Å². The molecule has 6 nitrogen and oxygen atoms in total. The number of imide groups is 1. The van der Waals surface area contributed by atoms with Crippen molar-refractivity contribution in [3.8, 4) is 10.6 Å². The number of amides is 2. The first kappa shape index (κ1) is 18.1. The van der Waals surface area contributed by atoms with Gasteiger partial charge in [-0.2, -0.15) is 0 Å². The van der Waals surface area contributed by atoms with Gasteiger partial charge in [-0.25, -0.2) is 9.78 Å². The fourth-order valence-corrected chi connectivity index (χ4v) is 3.99. The number of ether oxygens (including phenoxy) is 1. The van der Waals surface area contributed by atoms with E-state index in [-0.39, 0.29) is 25.0 Å². The van der Waals surface area contributed by atoms with Crippen molar-refractivity contribution in [2.75, 3.05) is 13.2 Å². The van der Waals surface area contributed by atoms with Crippen molar-refractivity contribution in [1.82, 2.24) is 9.88 Å². The molecular formula is C21H16N2O4S. The van der Waals surface area contributed by atoms with Crippen LogP contribution in [0.3, 0.4) is 0 Å². The maximum Gasteiger partial charge on any atom is 0.350 e. The number of rotatable bonds is 5. The van der Waals surface area contributed by atoms with Crippen molar-refractivity contribution >= 4 is 29.1 Å².